The summed E-state index contributed by atoms with van der Waals surface area (Å²) in [5.74, 6) is -2.04. The largest absolute Gasteiger partial charge is 0.344 e. The van der Waals surface area contributed by atoms with Crippen LogP contribution >= 0.6 is 0 Å². The maximum absolute atomic E-state index is 11.8. The van der Waals surface area contributed by atoms with Crippen LogP contribution in [0.4, 0.5) is 0 Å². The molecule has 3 aliphatic heterocycles. The number of ketones is 1. The lowest BCUT2D eigenvalue weighted by molar-refractivity contribution is -0.304. The van der Waals surface area contributed by atoms with E-state index in [1.54, 1.807) is 0 Å². The highest BCUT2D eigenvalue weighted by atomic mass is 16.9. The van der Waals surface area contributed by atoms with Gasteiger partial charge in [0.1, 0.15) is 24.1 Å². The van der Waals surface area contributed by atoms with Gasteiger partial charge in [-0.3, -0.25) is 4.79 Å². The summed E-state index contributed by atoms with van der Waals surface area (Å²) in [6.07, 6.45) is 1.07. The van der Waals surface area contributed by atoms with Gasteiger partial charge < -0.3 is 23.7 Å². The average molecular weight is 312 g/mol. The Morgan fingerprint density at radius 2 is 1.82 bits per heavy atom. The Balaban J connectivity index is 1.68. The summed E-state index contributed by atoms with van der Waals surface area (Å²) in [4.78, 5) is 11.8. The fourth-order valence-corrected chi connectivity index (χ4v) is 4.31. The summed E-state index contributed by atoms with van der Waals surface area (Å²) in [6.45, 7) is 7.95. The Labute approximate surface area is 130 Å². The van der Waals surface area contributed by atoms with Crippen molar-refractivity contribution in [2.45, 2.75) is 82.6 Å². The summed E-state index contributed by atoms with van der Waals surface area (Å²) in [5, 5.41) is 0. The molecule has 0 aromatic rings. The molecule has 0 radical (unpaired) electrons. The first kappa shape index (κ1) is 15.0. The Bertz CT molecular complexity index is 501. The standard InChI is InChI=1S/C16H24O6/c1-14(2)19-11-8-18-16(9-5-6-10(17)7-9)13(12(11)20-14)21-15(3,4)22-16/h9,11-13H,5-8H2,1-4H3/t9?,11-,12-,13+,16+/m1/s1. The average Bonchev–Trinajstić information content (AvgIpc) is 3.01. The second-order valence-corrected chi connectivity index (χ2v) is 7.69. The molecule has 3 heterocycles. The zero-order valence-electron chi connectivity index (χ0n) is 13.6. The van der Waals surface area contributed by atoms with Gasteiger partial charge in [-0.05, 0) is 34.1 Å². The number of fused-ring (bicyclic) bond motifs is 3. The van der Waals surface area contributed by atoms with Crippen LogP contribution in [-0.2, 0) is 28.5 Å². The highest BCUT2D eigenvalue weighted by molar-refractivity contribution is 5.80. The number of carbonyl (C=O) groups excluding carboxylic acids is 1. The van der Waals surface area contributed by atoms with Crippen molar-refractivity contribution in [3.05, 3.63) is 0 Å². The van der Waals surface area contributed by atoms with Crippen LogP contribution in [0.5, 0.6) is 0 Å². The molecule has 1 saturated carbocycles. The number of hydrogen-bond donors (Lipinski definition) is 0. The second kappa shape index (κ2) is 4.51. The maximum atomic E-state index is 11.8. The van der Waals surface area contributed by atoms with Crippen molar-refractivity contribution in [3.63, 3.8) is 0 Å². The molecule has 4 aliphatic rings. The first-order chi connectivity index (χ1) is 10.2. The van der Waals surface area contributed by atoms with Crippen LogP contribution in [0.25, 0.3) is 0 Å². The highest BCUT2D eigenvalue weighted by Crippen LogP contribution is 2.53. The lowest BCUT2D eigenvalue weighted by Gasteiger charge is -2.44. The third-order valence-corrected chi connectivity index (χ3v) is 5.02. The Hall–Kier alpha value is -0.530. The van der Waals surface area contributed by atoms with Crippen LogP contribution < -0.4 is 0 Å². The van der Waals surface area contributed by atoms with Crippen molar-refractivity contribution in [1.82, 2.24) is 0 Å². The van der Waals surface area contributed by atoms with Gasteiger partial charge >= 0.3 is 0 Å². The van der Waals surface area contributed by atoms with E-state index in [2.05, 4.69) is 0 Å². The molecule has 6 nitrogen and oxygen atoms in total. The van der Waals surface area contributed by atoms with Crippen molar-refractivity contribution in [2.24, 2.45) is 5.92 Å². The van der Waals surface area contributed by atoms with Crippen LogP contribution in [0.15, 0.2) is 0 Å². The van der Waals surface area contributed by atoms with Gasteiger partial charge in [0.05, 0.1) is 6.61 Å². The van der Waals surface area contributed by atoms with Crippen molar-refractivity contribution < 1.29 is 28.5 Å². The van der Waals surface area contributed by atoms with Crippen LogP contribution in [0, 0.1) is 5.92 Å². The fraction of sp³-hybridized carbons (Fsp3) is 0.938. The van der Waals surface area contributed by atoms with Gasteiger partial charge in [-0.25, -0.2) is 0 Å². The number of Topliss-reactive ketones (excluding diaryl/α,β-unsaturated/α-hetero) is 1. The summed E-state index contributed by atoms with van der Waals surface area (Å²) in [7, 11) is 0. The quantitative estimate of drug-likeness (QED) is 0.735. The Kier molecular flexibility index (Phi) is 3.08. The topological polar surface area (TPSA) is 63.2 Å². The van der Waals surface area contributed by atoms with Gasteiger partial charge in [-0.15, -0.1) is 0 Å². The lowest BCUT2D eigenvalue weighted by Crippen LogP contribution is -2.61. The summed E-state index contributed by atoms with van der Waals surface area (Å²) in [5.41, 5.74) is 0. The molecule has 0 spiro atoms. The zero-order chi connectivity index (χ0) is 15.8. The maximum Gasteiger partial charge on any atom is 0.203 e. The highest BCUT2D eigenvalue weighted by Gasteiger charge is 2.68. The lowest BCUT2D eigenvalue weighted by atomic mass is 9.85. The first-order valence-electron chi connectivity index (χ1n) is 8.10. The third-order valence-electron chi connectivity index (χ3n) is 5.02. The van der Waals surface area contributed by atoms with Gasteiger partial charge in [-0.2, -0.15) is 0 Å². The monoisotopic (exact) mass is 312 g/mol. The van der Waals surface area contributed by atoms with Crippen LogP contribution in [0.1, 0.15) is 47.0 Å². The molecular weight excluding hydrogens is 288 g/mol. The van der Waals surface area contributed by atoms with Crippen molar-refractivity contribution in [1.29, 1.82) is 0 Å². The van der Waals surface area contributed by atoms with Gasteiger partial charge in [0.25, 0.3) is 0 Å². The van der Waals surface area contributed by atoms with E-state index in [0.717, 1.165) is 6.42 Å². The molecule has 0 aromatic carbocycles. The van der Waals surface area contributed by atoms with Crippen LogP contribution in [0.2, 0.25) is 0 Å². The van der Waals surface area contributed by atoms with Gasteiger partial charge in [0.15, 0.2) is 11.6 Å². The van der Waals surface area contributed by atoms with Crippen LogP contribution in [0.3, 0.4) is 0 Å². The molecule has 1 aliphatic carbocycles. The molecule has 4 fully saturated rings. The van der Waals surface area contributed by atoms with E-state index >= 15 is 0 Å². The molecular formula is C16H24O6. The van der Waals surface area contributed by atoms with Crippen LogP contribution in [-0.4, -0.2) is 48.1 Å². The van der Waals surface area contributed by atoms with Crippen molar-refractivity contribution in [2.75, 3.05) is 6.61 Å². The molecule has 4 rings (SSSR count). The van der Waals surface area contributed by atoms with Gasteiger partial charge in [-0.1, -0.05) is 0 Å². The van der Waals surface area contributed by atoms with Crippen molar-refractivity contribution >= 4 is 5.78 Å². The molecule has 6 heteroatoms. The molecule has 0 aromatic heterocycles. The van der Waals surface area contributed by atoms with E-state index in [1.165, 1.54) is 0 Å². The number of carbonyl (C=O) groups is 1. The van der Waals surface area contributed by atoms with E-state index in [-0.39, 0.29) is 30.0 Å². The van der Waals surface area contributed by atoms with Gasteiger partial charge in [0, 0.05) is 18.8 Å². The summed E-state index contributed by atoms with van der Waals surface area (Å²) in [6, 6.07) is 0. The minimum absolute atomic E-state index is 0.0139. The number of rotatable bonds is 1. The summed E-state index contributed by atoms with van der Waals surface area (Å²) >= 11 is 0. The summed E-state index contributed by atoms with van der Waals surface area (Å²) < 4.78 is 30.5. The minimum atomic E-state index is -0.902. The number of ether oxygens (including phenoxy) is 5. The predicted molar refractivity (Wildman–Crippen MR) is 74.9 cm³/mol. The SMILES string of the molecule is CC1(C)O[C@@H]2[C@@H](CO[C@@]3(C4CCC(=O)C4)OC(C)(C)O[C@@H]23)O1. The predicted octanol–water partition coefficient (Wildman–Crippen LogP) is 1.75. The molecule has 0 N–H and O–H groups in total. The Morgan fingerprint density at radius 1 is 1.05 bits per heavy atom. The molecule has 3 saturated heterocycles. The smallest absolute Gasteiger partial charge is 0.203 e. The molecule has 5 atom stereocenters. The molecule has 0 amide bonds. The van der Waals surface area contributed by atoms with E-state index in [1.807, 2.05) is 27.7 Å². The van der Waals surface area contributed by atoms with Crippen molar-refractivity contribution in [3.8, 4) is 0 Å². The van der Waals surface area contributed by atoms with Gasteiger partial charge in [0.2, 0.25) is 5.79 Å². The van der Waals surface area contributed by atoms with E-state index in [4.69, 9.17) is 23.7 Å². The third kappa shape index (κ3) is 2.16. The normalized spacial score (nSPS) is 49.2. The molecule has 124 valence electrons. The van der Waals surface area contributed by atoms with E-state index < -0.39 is 17.4 Å². The molecule has 1 unspecified atom stereocenters. The first-order valence-corrected chi connectivity index (χ1v) is 8.10. The fourth-order valence-electron chi connectivity index (χ4n) is 4.31. The minimum Gasteiger partial charge on any atom is -0.344 e. The number of hydrogen-bond acceptors (Lipinski definition) is 6. The molecule has 0 bridgehead atoms. The second-order valence-electron chi connectivity index (χ2n) is 7.69. The van der Waals surface area contributed by atoms with E-state index in [0.29, 0.717) is 19.4 Å². The Morgan fingerprint density at radius 3 is 2.50 bits per heavy atom. The zero-order valence-corrected chi connectivity index (χ0v) is 13.6. The molecule has 22 heavy (non-hydrogen) atoms. The van der Waals surface area contributed by atoms with E-state index in [9.17, 15) is 4.79 Å².